The summed E-state index contributed by atoms with van der Waals surface area (Å²) < 4.78 is 0. The minimum Gasteiger partial charge on any atom is -0.356 e. The number of carbonyl (C=O) groups is 2. The molecule has 2 unspecified atom stereocenters. The Kier molecular flexibility index (Phi) is 8.75. The summed E-state index contributed by atoms with van der Waals surface area (Å²) in [5.41, 5.74) is 5.84. The molecular weight excluding hydrogens is 254 g/mol. The maximum Gasteiger partial charge on any atom is 0.224 e. The van der Waals surface area contributed by atoms with Gasteiger partial charge >= 0.3 is 0 Å². The first-order valence-corrected chi connectivity index (χ1v) is 6.45. The van der Waals surface area contributed by atoms with Crippen LogP contribution in [-0.2, 0) is 9.59 Å². The van der Waals surface area contributed by atoms with Crippen molar-refractivity contribution in [3.63, 3.8) is 0 Å². The molecule has 1 saturated carbocycles. The van der Waals surface area contributed by atoms with Crippen LogP contribution in [0.4, 0.5) is 0 Å². The van der Waals surface area contributed by atoms with Crippen molar-refractivity contribution < 1.29 is 9.59 Å². The van der Waals surface area contributed by atoms with E-state index in [1.54, 1.807) is 0 Å². The third-order valence-electron chi connectivity index (χ3n) is 3.13. The molecular formula is C12H24ClN3O2. The van der Waals surface area contributed by atoms with Gasteiger partial charge in [-0.1, -0.05) is 13.3 Å². The molecule has 0 aliphatic heterocycles. The predicted molar refractivity (Wildman–Crippen MR) is 73.5 cm³/mol. The van der Waals surface area contributed by atoms with Crippen LogP contribution in [0.1, 0.15) is 39.0 Å². The average Bonchev–Trinajstić information content (AvgIpc) is 2.72. The summed E-state index contributed by atoms with van der Waals surface area (Å²) >= 11 is 0. The highest BCUT2D eigenvalue weighted by Gasteiger charge is 2.29. The molecule has 1 aliphatic carbocycles. The van der Waals surface area contributed by atoms with E-state index in [0.717, 1.165) is 25.7 Å². The van der Waals surface area contributed by atoms with Crippen molar-refractivity contribution in [1.29, 1.82) is 0 Å². The number of rotatable bonds is 6. The zero-order chi connectivity index (χ0) is 12.7. The first kappa shape index (κ1) is 17.2. The topological polar surface area (TPSA) is 84.2 Å². The maximum absolute atomic E-state index is 11.7. The van der Waals surface area contributed by atoms with Gasteiger partial charge in [-0.2, -0.15) is 0 Å². The molecule has 0 aromatic heterocycles. The van der Waals surface area contributed by atoms with Gasteiger partial charge in [0.15, 0.2) is 0 Å². The first-order chi connectivity index (χ1) is 8.15. The lowest BCUT2D eigenvalue weighted by molar-refractivity contribution is -0.125. The SMILES string of the molecule is CCCNC(=O)CCNC(=O)C1CCCC1N.Cl. The van der Waals surface area contributed by atoms with Crippen LogP contribution in [0, 0.1) is 5.92 Å². The Hall–Kier alpha value is -0.810. The number of hydrogen-bond acceptors (Lipinski definition) is 3. The average molecular weight is 278 g/mol. The number of hydrogen-bond donors (Lipinski definition) is 3. The van der Waals surface area contributed by atoms with E-state index < -0.39 is 0 Å². The fraction of sp³-hybridized carbons (Fsp3) is 0.833. The van der Waals surface area contributed by atoms with Gasteiger partial charge in [-0.15, -0.1) is 12.4 Å². The van der Waals surface area contributed by atoms with Crippen LogP contribution in [-0.4, -0.2) is 30.9 Å². The summed E-state index contributed by atoms with van der Waals surface area (Å²) in [5.74, 6) is -0.0742. The minimum atomic E-state index is -0.0614. The number of halogens is 1. The summed E-state index contributed by atoms with van der Waals surface area (Å²) in [6, 6.07) is -0.0103. The molecule has 0 spiro atoms. The molecule has 0 radical (unpaired) electrons. The van der Waals surface area contributed by atoms with Crippen LogP contribution in [0.2, 0.25) is 0 Å². The van der Waals surface area contributed by atoms with Gasteiger partial charge in [0.2, 0.25) is 11.8 Å². The summed E-state index contributed by atoms with van der Waals surface area (Å²) in [6.45, 7) is 3.10. The Bertz CT molecular complexity index is 274. The Balaban J connectivity index is 0.00000289. The minimum absolute atomic E-state index is 0. The van der Waals surface area contributed by atoms with Crippen molar-refractivity contribution in [2.45, 2.75) is 45.1 Å². The quantitative estimate of drug-likeness (QED) is 0.664. The van der Waals surface area contributed by atoms with Crippen molar-refractivity contribution in [1.82, 2.24) is 10.6 Å². The molecule has 106 valence electrons. The molecule has 2 amide bonds. The Labute approximate surface area is 115 Å². The third-order valence-corrected chi connectivity index (χ3v) is 3.13. The molecule has 4 N–H and O–H groups in total. The molecule has 5 nitrogen and oxygen atoms in total. The van der Waals surface area contributed by atoms with Crippen LogP contribution < -0.4 is 16.4 Å². The molecule has 1 rings (SSSR count). The standard InChI is InChI=1S/C12H23N3O2.ClH/c1-2-7-14-11(16)6-8-15-12(17)9-4-3-5-10(9)13;/h9-10H,2-8,13H2,1H3,(H,14,16)(H,15,17);1H. The van der Waals surface area contributed by atoms with Crippen molar-refractivity contribution in [3.8, 4) is 0 Å². The number of amides is 2. The smallest absolute Gasteiger partial charge is 0.224 e. The summed E-state index contributed by atoms with van der Waals surface area (Å²) in [6.07, 6.45) is 4.09. The zero-order valence-corrected chi connectivity index (χ0v) is 11.7. The molecule has 1 fully saturated rings. The van der Waals surface area contributed by atoms with E-state index >= 15 is 0 Å². The largest absolute Gasteiger partial charge is 0.356 e. The number of carbonyl (C=O) groups excluding carboxylic acids is 2. The highest BCUT2D eigenvalue weighted by atomic mass is 35.5. The molecule has 18 heavy (non-hydrogen) atoms. The third kappa shape index (κ3) is 5.69. The number of nitrogens with two attached hydrogens (primary N) is 1. The van der Waals surface area contributed by atoms with E-state index in [0.29, 0.717) is 19.5 Å². The van der Waals surface area contributed by atoms with Crippen LogP contribution in [0.5, 0.6) is 0 Å². The second kappa shape index (κ2) is 9.16. The Morgan fingerprint density at radius 2 is 1.94 bits per heavy atom. The van der Waals surface area contributed by atoms with E-state index in [1.807, 2.05) is 6.92 Å². The van der Waals surface area contributed by atoms with Crippen molar-refractivity contribution in [3.05, 3.63) is 0 Å². The molecule has 0 aromatic carbocycles. The molecule has 0 saturated heterocycles. The van der Waals surface area contributed by atoms with Crippen LogP contribution >= 0.6 is 12.4 Å². The van der Waals surface area contributed by atoms with Crippen LogP contribution in [0.15, 0.2) is 0 Å². The summed E-state index contributed by atoms with van der Waals surface area (Å²) in [5, 5.41) is 5.55. The van der Waals surface area contributed by atoms with Crippen LogP contribution in [0.3, 0.4) is 0 Å². The van der Waals surface area contributed by atoms with E-state index in [-0.39, 0.29) is 36.2 Å². The first-order valence-electron chi connectivity index (χ1n) is 6.45. The van der Waals surface area contributed by atoms with Gasteiger partial charge in [-0.05, 0) is 19.3 Å². The second-order valence-electron chi connectivity index (χ2n) is 4.59. The lowest BCUT2D eigenvalue weighted by Gasteiger charge is -2.14. The lowest BCUT2D eigenvalue weighted by atomic mass is 10.0. The molecule has 6 heteroatoms. The van der Waals surface area contributed by atoms with Crippen molar-refractivity contribution >= 4 is 24.2 Å². The van der Waals surface area contributed by atoms with Gasteiger partial charge in [-0.3, -0.25) is 9.59 Å². The molecule has 0 aromatic rings. The molecule has 0 bridgehead atoms. The lowest BCUT2D eigenvalue weighted by Crippen LogP contribution is -2.40. The highest BCUT2D eigenvalue weighted by molar-refractivity contribution is 5.85. The van der Waals surface area contributed by atoms with Gasteiger partial charge in [0, 0.05) is 25.6 Å². The maximum atomic E-state index is 11.7. The fourth-order valence-electron chi connectivity index (χ4n) is 2.10. The van der Waals surface area contributed by atoms with Gasteiger partial charge < -0.3 is 16.4 Å². The fourth-order valence-corrected chi connectivity index (χ4v) is 2.10. The Morgan fingerprint density at radius 3 is 2.50 bits per heavy atom. The number of nitrogens with one attached hydrogen (secondary N) is 2. The predicted octanol–water partition coefficient (Wildman–Crippen LogP) is 0.568. The van der Waals surface area contributed by atoms with E-state index in [1.165, 1.54) is 0 Å². The summed E-state index contributed by atoms with van der Waals surface area (Å²) in [4.78, 5) is 23.0. The second-order valence-corrected chi connectivity index (χ2v) is 4.59. The molecule has 0 heterocycles. The van der Waals surface area contributed by atoms with Crippen molar-refractivity contribution in [2.75, 3.05) is 13.1 Å². The Morgan fingerprint density at radius 1 is 1.22 bits per heavy atom. The van der Waals surface area contributed by atoms with Crippen LogP contribution in [0.25, 0.3) is 0 Å². The van der Waals surface area contributed by atoms with E-state index in [2.05, 4.69) is 10.6 Å². The summed E-state index contributed by atoms with van der Waals surface area (Å²) in [7, 11) is 0. The molecule has 1 aliphatic rings. The van der Waals surface area contributed by atoms with E-state index in [9.17, 15) is 9.59 Å². The highest BCUT2D eigenvalue weighted by Crippen LogP contribution is 2.23. The molecule has 2 atom stereocenters. The van der Waals surface area contributed by atoms with Crippen molar-refractivity contribution in [2.24, 2.45) is 11.7 Å². The van der Waals surface area contributed by atoms with E-state index in [4.69, 9.17) is 5.73 Å². The van der Waals surface area contributed by atoms with Gasteiger partial charge in [0.05, 0.1) is 5.92 Å². The van der Waals surface area contributed by atoms with Gasteiger partial charge in [0.1, 0.15) is 0 Å². The van der Waals surface area contributed by atoms with Gasteiger partial charge in [0.25, 0.3) is 0 Å². The zero-order valence-electron chi connectivity index (χ0n) is 10.9. The van der Waals surface area contributed by atoms with Gasteiger partial charge in [-0.25, -0.2) is 0 Å². The normalized spacial score (nSPS) is 22.1. The monoisotopic (exact) mass is 277 g/mol.